The van der Waals surface area contributed by atoms with Gasteiger partial charge in [-0.3, -0.25) is 9.63 Å². The third-order valence-electron chi connectivity index (χ3n) is 4.57. The first kappa shape index (κ1) is 18.5. The predicted molar refractivity (Wildman–Crippen MR) is 83.7 cm³/mol. The number of hydrogen-bond acceptors (Lipinski definition) is 6. The van der Waals surface area contributed by atoms with Gasteiger partial charge >= 0.3 is 12.1 Å². The lowest BCUT2D eigenvalue weighted by Crippen LogP contribution is -2.54. The molecule has 2 amide bonds. The van der Waals surface area contributed by atoms with E-state index in [1.807, 2.05) is 0 Å². The van der Waals surface area contributed by atoms with Crippen LogP contribution >= 0.6 is 0 Å². The second kappa shape index (κ2) is 7.38. The summed E-state index contributed by atoms with van der Waals surface area (Å²) in [6.07, 6.45) is 2.35. The number of methoxy groups -OCH3 is 1. The van der Waals surface area contributed by atoms with Crippen molar-refractivity contribution in [3.05, 3.63) is 0 Å². The number of amides is 2. The maximum atomic E-state index is 12.9. The van der Waals surface area contributed by atoms with E-state index in [0.29, 0.717) is 6.42 Å². The SMILES string of the molecule is CCOC(=O)C1CC2(CCC2)ON1C(=O)[C@@H](NC(=O)OC)C(C)C. The lowest BCUT2D eigenvalue weighted by molar-refractivity contribution is -0.230. The van der Waals surface area contributed by atoms with Gasteiger partial charge in [-0.15, -0.1) is 0 Å². The average molecular weight is 342 g/mol. The molecule has 8 heteroatoms. The van der Waals surface area contributed by atoms with Crippen molar-refractivity contribution < 1.29 is 28.7 Å². The van der Waals surface area contributed by atoms with Gasteiger partial charge in [-0.2, -0.15) is 0 Å². The Morgan fingerprint density at radius 3 is 2.46 bits per heavy atom. The molecule has 2 fully saturated rings. The Balaban J connectivity index is 2.18. The second-order valence-corrected chi connectivity index (χ2v) is 6.62. The molecular formula is C16H26N2O6. The molecule has 2 aliphatic rings. The van der Waals surface area contributed by atoms with Crippen molar-refractivity contribution >= 4 is 18.0 Å². The van der Waals surface area contributed by atoms with Gasteiger partial charge in [0.15, 0.2) is 6.04 Å². The highest BCUT2D eigenvalue weighted by atomic mass is 16.7. The lowest BCUT2D eigenvalue weighted by atomic mass is 9.77. The fraction of sp³-hybridized carbons (Fsp3) is 0.812. The van der Waals surface area contributed by atoms with Gasteiger partial charge in [0.2, 0.25) is 0 Å². The van der Waals surface area contributed by atoms with Crippen molar-refractivity contribution in [2.45, 2.75) is 64.1 Å². The van der Waals surface area contributed by atoms with Crippen molar-refractivity contribution in [1.29, 1.82) is 0 Å². The molecule has 1 spiro atoms. The van der Waals surface area contributed by atoms with E-state index in [1.165, 1.54) is 7.11 Å². The molecule has 1 heterocycles. The van der Waals surface area contributed by atoms with Crippen molar-refractivity contribution in [2.75, 3.05) is 13.7 Å². The van der Waals surface area contributed by atoms with Crippen LogP contribution in [0.5, 0.6) is 0 Å². The zero-order chi connectivity index (χ0) is 17.9. The molecule has 8 nitrogen and oxygen atoms in total. The largest absolute Gasteiger partial charge is 0.464 e. The third kappa shape index (κ3) is 3.63. The zero-order valence-corrected chi connectivity index (χ0v) is 14.7. The van der Waals surface area contributed by atoms with Crippen molar-refractivity contribution in [1.82, 2.24) is 10.4 Å². The number of hydrogen-bond donors (Lipinski definition) is 1. The molecule has 1 aliphatic carbocycles. The van der Waals surface area contributed by atoms with Crippen LogP contribution < -0.4 is 5.32 Å². The monoisotopic (exact) mass is 342 g/mol. The Kier molecular flexibility index (Phi) is 5.69. The summed E-state index contributed by atoms with van der Waals surface area (Å²) in [5.74, 6) is -1.13. The normalized spacial score (nSPS) is 22.9. The Labute approximate surface area is 141 Å². The number of ether oxygens (including phenoxy) is 2. The Morgan fingerprint density at radius 2 is 2.00 bits per heavy atom. The highest BCUT2D eigenvalue weighted by Gasteiger charge is 2.55. The molecule has 1 aliphatic heterocycles. The molecular weight excluding hydrogens is 316 g/mol. The van der Waals surface area contributed by atoms with Crippen LogP contribution in [0.2, 0.25) is 0 Å². The number of alkyl carbamates (subject to hydrolysis) is 1. The highest BCUT2D eigenvalue weighted by molar-refractivity contribution is 5.89. The van der Waals surface area contributed by atoms with E-state index in [-0.39, 0.29) is 12.5 Å². The van der Waals surface area contributed by atoms with Crippen molar-refractivity contribution in [3.8, 4) is 0 Å². The van der Waals surface area contributed by atoms with Crippen LogP contribution in [0.15, 0.2) is 0 Å². The first-order chi connectivity index (χ1) is 11.3. The third-order valence-corrected chi connectivity index (χ3v) is 4.57. The highest BCUT2D eigenvalue weighted by Crippen LogP contribution is 2.46. The van der Waals surface area contributed by atoms with Gasteiger partial charge in [-0.25, -0.2) is 14.7 Å². The van der Waals surface area contributed by atoms with E-state index in [0.717, 1.165) is 24.3 Å². The van der Waals surface area contributed by atoms with Crippen LogP contribution in [-0.2, 0) is 23.9 Å². The van der Waals surface area contributed by atoms with Crippen molar-refractivity contribution in [2.24, 2.45) is 5.92 Å². The van der Waals surface area contributed by atoms with Crippen molar-refractivity contribution in [3.63, 3.8) is 0 Å². The molecule has 0 aromatic carbocycles. The minimum absolute atomic E-state index is 0.194. The number of esters is 1. The minimum Gasteiger partial charge on any atom is -0.464 e. The summed E-state index contributed by atoms with van der Waals surface area (Å²) in [4.78, 5) is 42.5. The smallest absolute Gasteiger partial charge is 0.407 e. The van der Waals surface area contributed by atoms with Crippen LogP contribution in [-0.4, -0.2) is 54.4 Å². The molecule has 0 radical (unpaired) electrons. The molecule has 24 heavy (non-hydrogen) atoms. The Morgan fingerprint density at radius 1 is 1.33 bits per heavy atom. The first-order valence-corrected chi connectivity index (χ1v) is 8.37. The molecule has 1 saturated heterocycles. The van der Waals surface area contributed by atoms with Crippen LogP contribution in [0, 0.1) is 5.92 Å². The van der Waals surface area contributed by atoms with Gasteiger partial charge < -0.3 is 14.8 Å². The van der Waals surface area contributed by atoms with E-state index in [4.69, 9.17) is 9.57 Å². The van der Waals surface area contributed by atoms with Gasteiger partial charge in [-0.1, -0.05) is 13.8 Å². The fourth-order valence-electron chi connectivity index (χ4n) is 3.06. The molecule has 1 N–H and O–H groups in total. The maximum Gasteiger partial charge on any atom is 0.407 e. The zero-order valence-electron chi connectivity index (χ0n) is 14.7. The maximum absolute atomic E-state index is 12.9. The topological polar surface area (TPSA) is 94.2 Å². The molecule has 1 unspecified atom stereocenters. The molecule has 0 aromatic rings. The summed E-state index contributed by atoms with van der Waals surface area (Å²) in [6.45, 7) is 5.55. The molecule has 2 rings (SSSR count). The number of rotatable bonds is 5. The van der Waals surface area contributed by atoms with Crippen LogP contribution in [0.3, 0.4) is 0 Å². The van der Waals surface area contributed by atoms with E-state index >= 15 is 0 Å². The second-order valence-electron chi connectivity index (χ2n) is 6.62. The first-order valence-electron chi connectivity index (χ1n) is 8.37. The number of carbonyl (C=O) groups is 3. The van der Waals surface area contributed by atoms with Crippen LogP contribution in [0.25, 0.3) is 0 Å². The number of nitrogens with zero attached hydrogens (tertiary/aromatic N) is 1. The van der Waals surface area contributed by atoms with E-state index in [9.17, 15) is 14.4 Å². The molecule has 1 saturated carbocycles. The summed E-state index contributed by atoms with van der Waals surface area (Å²) in [6, 6.07) is -1.62. The van der Waals surface area contributed by atoms with Crippen LogP contribution in [0.4, 0.5) is 4.79 Å². The molecule has 0 aromatic heterocycles. The molecule has 136 valence electrons. The molecule has 0 bridgehead atoms. The summed E-state index contributed by atoms with van der Waals surface area (Å²) >= 11 is 0. The number of nitrogens with one attached hydrogen (secondary N) is 1. The number of hydroxylamine groups is 2. The average Bonchev–Trinajstić information content (AvgIpc) is 2.93. The van der Waals surface area contributed by atoms with E-state index < -0.39 is 35.7 Å². The number of carbonyl (C=O) groups excluding carboxylic acids is 3. The van der Waals surface area contributed by atoms with Gasteiger partial charge in [0.05, 0.1) is 19.3 Å². The van der Waals surface area contributed by atoms with E-state index in [2.05, 4.69) is 10.1 Å². The molecule has 2 atom stereocenters. The van der Waals surface area contributed by atoms with E-state index in [1.54, 1.807) is 20.8 Å². The van der Waals surface area contributed by atoms with Gasteiger partial charge in [-0.05, 0) is 32.1 Å². The van der Waals surface area contributed by atoms with Gasteiger partial charge in [0.25, 0.3) is 5.91 Å². The standard InChI is InChI=1S/C16H26N2O6/c1-5-23-14(20)11-9-16(7-6-8-16)24-18(11)13(19)12(10(2)3)17-15(21)22-4/h10-12H,5-9H2,1-4H3,(H,17,21)/t11?,12-/m0/s1. The summed E-state index contributed by atoms with van der Waals surface area (Å²) in [5.41, 5.74) is -0.458. The Hall–Kier alpha value is -1.83. The quantitative estimate of drug-likeness (QED) is 0.759. The fourth-order valence-corrected chi connectivity index (χ4v) is 3.06. The predicted octanol–water partition coefficient (Wildman–Crippen LogP) is 1.39. The minimum atomic E-state index is -0.843. The van der Waals surface area contributed by atoms with Crippen LogP contribution in [0.1, 0.15) is 46.5 Å². The van der Waals surface area contributed by atoms with Gasteiger partial charge in [0, 0.05) is 6.42 Å². The summed E-state index contributed by atoms with van der Waals surface area (Å²) in [7, 11) is 1.23. The Bertz CT molecular complexity index is 503. The lowest BCUT2D eigenvalue weighted by Gasteiger charge is -2.37. The van der Waals surface area contributed by atoms with Gasteiger partial charge in [0.1, 0.15) is 6.04 Å². The summed E-state index contributed by atoms with van der Waals surface area (Å²) < 4.78 is 9.66. The summed E-state index contributed by atoms with van der Waals surface area (Å²) in [5, 5.41) is 3.62.